The van der Waals surface area contributed by atoms with Gasteiger partial charge in [-0.2, -0.15) is 0 Å². The van der Waals surface area contributed by atoms with Crippen LogP contribution in [-0.4, -0.2) is 18.4 Å². The van der Waals surface area contributed by atoms with Crippen molar-refractivity contribution in [1.82, 2.24) is 0 Å². The van der Waals surface area contributed by atoms with E-state index in [1.807, 2.05) is 0 Å². The molecule has 0 spiro atoms. The van der Waals surface area contributed by atoms with Crippen molar-refractivity contribution in [2.24, 2.45) is 0 Å². The molecule has 0 amide bonds. The number of rotatable bonds is 6. The standard InChI is InChI=1S/C13H24O3/c1-3-4-5-6-8-12-9-7-10-13(16-12)15-11(2)14/h12-13H,3-10H2,1-2H3/t12-,13-/m0/s1. The van der Waals surface area contributed by atoms with Gasteiger partial charge in [0.25, 0.3) is 0 Å². The molecular weight excluding hydrogens is 204 g/mol. The van der Waals surface area contributed by atoms with Crippen LogP contribution >= 0.6 is 0 Å². The van der Waals surface area contributed by atoms with Crippen molar-refractivity contribution in [1.29, 1.82) is 0 Å². The number of carbonyl (C=O) groups excluding carboxylic acids is 1. The molecule has 94 valence electrons. The van der Waals surface area contributed by atoms with Gasteiger partial charge >= 0.3 is 5.97 Å². The molecule has 3 nitrogen and oxygen atoms in total. The fourth-order valence-electron chi connectivity index (χ4n) is 2.15. The predicted octanol–water partition coefficient (Wildman–Crippen LogP) is 3.42. The summed E-state index contributed by atoms with van der Waals surface area (Å²) in [6.07, 6.45) is 9.28. The quantitative estimate of drug-likeness (QED) is 0.516. The van der Waals surface area contributed by atoms with E-state index in [1.54, 1.807) is 0 Å². The first-order valence-electron chi connectivity index (χ1n) is 6.55. The molecule has 1 aliphatic heterocycles. The van der Waals surface area contributed by atoms with E-state index in [1.165, 1.54) is 32.6 Å². The molecule has 0 bridgehead atoms. The zero-order valence-electron chi connectivity index (χ0n) is 10.5. The molecule has 0 aliphatic carbocycles. The van der Waals surface area contributed by atoms with Gasteiger partial charge in [-0.3, -0.25) is 4.79 Å². The van der Waals surface area contributed by atoms with E-state index >= 15 is 0 Å². The number of carbonyl (C=O) groups is 1. The van der Waals surface area contributed by atoms with Crippen molar-refractivity contribution in [3.8, 4) is 0 Å². The van der Waals surface area contributed by atoms with E-state index in [0.717, 1.165) is 25.7 Å². The monoisotopic (exact) mass is 228 g/mol. The first kappa shape index (κ1) is 13.5. The van der Waals surface area contributed by atoms with Gasteiger partial charge in [0.05, 0.1) is 6.10 Å². The van der Waals surface area contributed by atoms with Crippen molar-refractivity contribution >= 4 is 5.97 Å². The minimum absolute atomic E-state index is 0.239. The van der Waals surface area contributed by atoms with Crippen LogP contribution in [-0.2, 0) is 14.3 Å². The van der Waals surface area contributed by atoms with Gasteiger partial charge in [-0.25, -0.2) is 0 Å². The molecule has 1 saturated heterocycles. The van der Waals surface area contributed by atoms with Crippen LogP contribution < -0.4 is 0 Å². The first-order valence-corrected chi connectivity index (χ1v) is 6.55. The van der Waals surface area contributed by atoms with Gasteiger partial charge in [0.2, 0.25) is 6.29 Å². The van der Waals surface area contributed by atoms with Crippen molar-refractivity contribution < 1.29 is 14.3 Å². The maximum absolute atomic E-state index is 10.8. The lowest BCUT2D eigenvalue weighted by atomic mass is 10.0. The summed E-state index contributed by atoms with van der Waals surface area (Å²) in [5, 5.41) is 0. The summed E-state index contributed by atoms with van der Waals surface area (Å²) in [5.74, 6) is -0.239. The second kappa shape index (κ2) is 7.66. The molecule has 0 aromatic rings. The van der Waals surface area contributed by atoms with Crippen LogP contribution in [0.15, 0.2) is 0 Å². The smallest absolute Gasteiger partial charge is 0.304 e. The van der Waals surface area contributed by atoms with Gasteiger partial charge in [-0.1, -0.05) is 32.6 Å². The number of hydrogen-bond donors (Lipinski definition) is 0. The molecular formula is C13H24O3. The van der Waals surface area contributed by atoms with E-state index in [2.05, 4.69) is 6.92 Å². The average molecular weight is 228 g/mol. The third-order valence-corrected chi connectivity index (χ3v) is 2.99. The third-order valence-electron chi connectivity index (χ3n) is 2.99. The number of unbranched alkanes of at least 4 members (excludes halogenated alkanes) is 3. The Labute approximate surface area is 98.5 Å². The molecule has 0 aromatic carbocycles. The van der Waals surface area contributed by atoms with Crippen LogP contribution in [0.4, 0.5) is 0 Å². The lowest BCUT2D eigenvalue weighted by molar-refractivity contribution is -0.201. The van der Waals surface area contributed by atoms with Gasteiger partial charge in [0.1, 0.15) is 0 Å². The minimum atomic E-state index is -0.289. The highest BCUT2D eigenvalue weighted by Gasteiger charge is 2.23. The number of esters is 1. The third kappa shape index (κ3) is 5.50. The topological polar surface area (TPSA) is 35.5 Å². The largest absolute Gasteiger partial charge is 0.436 e. The Kier molecular flexibility index (Phi) is 6.46. The molecule has 1 fully saturated rings. The molecule has 0 radical (unpaired) electrons. The SMILES string of the molecule is CCCCCC[C@H]1CCC[C@@H](OC(C)=O)O1. The van der Waals surface area contributed by atoms with Crippen LogP contribution in [0.1, 0.15) is 65.2 Å². The van der Waals surface area contributed by atoms with Crippen molar-refractivity contribution in [3.05, 3.63) is 0 Å². The Bertz CT molecular complexity index is 203. The average Bonchev–Trinajstić information content (AvgIpc) is 2.24. The lowest BCUT2D eigenvalue weighted by Crippen LogP contribution is -2.30. The zero-order chi connectivity index (χ0) is 11.8. The highest BCUT2D eigenvalue weighted by Crippen LogP contribution is 2.23. The Balaban J connectivity index is 2.14. The fourth-order valence-corrected chi connectivity index (χ4v) is 2.15. The summed E-state index contributed by atoms with van der Waals surface area (Å²) in [4.78, 5) is 10.8. The Morgan fingerprint density at radius 1 is 1.31 bits per heavy atom. The van der Waals surface area contributed by atoms with E-state index < -0.39 is 0 Å². The molecule has 1 heterocycles. The highest BCUT2D eigenvalue weighted by molar-refractivity contribution is 5.66. The van der Waals surface area contributed by atoms with Crippen molar-refractivity contribution in [2.45, 2.75) is 77.6 Å². The summed E-state index contributed by atoms with van der Waals surface area (Å²) in [7, 11) is 0. The molecule has 16 heavy (non-hydrogen) atoms. The second-order valence-corrected chi connectivity index (χ2v) is 4.58. The van der Waals surface area contributed by atoms with Crippen molar-refractivity contribution in [2.75, 3.05) is 0 Å². The first-order chi connectivity index (χ1) is 7.72. The normalized spacial score (nSPS) is 25.4. The predicted molar refractivity (Wildman–Crippen MR) is 63.0 cm³/mol. The Morgan fingerprint density at radius 3 is 2.81 bits per heavy atom. The van der Waals surface area contributed by atoms with Gasteiger partial charge in [0, 0.05) is 13.3 Å². The molecule has 0 aromatic heterocycles. The summed E-state index contributed by atoms with van der Waals surface area (Å²) in [6.45, 7) is 3.65. The molecule has 0 N–H and O–H groups in total. The summed E-state index contributed by atoms with van der Waals surface area (Å²) < 4.78 is 10.8. The van der Waals surface area contributed by atoms with Crippen LogP contribution in [0, 0.1) is 0 Å². The summed E-state index contributed by atoms with van der Waals surface area (Å²) in [6, 6.07) is 0. The maximum Gasteiger partial charge on any atom is 0.304 e. The summed E-state index contributed by atoms with van der Waals surface area (Å²) >= 11 is 0. The number of ether oxygens (including phenoxy) is 2. The van der Waals surface area contributed by atoms with Crippen LogP contribution in [0.5, 0.6) is 0 Å². The zero-order valence-corrected chi connectivity index (χ0v) is 10.5. The molecule has 0 unspecified atom stereocenters. The fraction of sp³-hybridized carbons (Fsp3) is 0.923. The van der Waals surface area contributed by atoms with Gasteiger partial charge in [0.15, 0.2) is 0 Å². The summed E-state index contributed by atoms with van der Waals surface area (Å²) in [5.41, 5.74) is 0. The van der Waals surface area contributed by atoms with Gasteiger partial charge < -0.3 is 9.47 Å². The molecule has 2 atom stereocenters. The Morgan fingerprint density at radius 2 is 2.12 bits per heavy atom. The lowest BCUT2D eigenvalue weighted by Gasteiger charge is -2.29. The molecule has 0 saturated carbocycles. The Hall–Kier alpha value is -0.570. The minimum Gasteiger partial charge on any atom is -0.436 e. The van der Waals surface area contributed by atoms with E-state index in [0.29, 0.717) is 6.10 Å². The maximum atomic E-state index is 10.8. The van der Waals surface area contributed by atoms with E-state index in [-0.39, 0.29) is 12.3 Å². The van der Waals surface area contributed by atoms with Crippen LogP contribution in [0.2, 0.25) is 0 Å². The van der Waals surface area contributed by atoms with E-state index in [9.17, 15) is 4.79 Å². The van der Waals surface area contributed by atoms with Gasteiger partial charge in [-0.15, -0.1) is 0 Å². The van der Waals surface area contributed by atoms with E-state index in [4.69, 9.17) is 9.47 Å². The highest BCUT2D eigenvalue weighted by atomic mass is 16.7. The molecule has 3 heteroatoms. The van der Waals surface area contributed by atoms with Crippen LogP contribution in [0.3, 0.4) is 0 Å². The molecule has 1 rings (SSSR count). The second-order valence-electron chi connectivity index (χ2n) is 4.58. The number of hydrogen-bond acceptors (Lipinski definition) is 3. The molecule has 1 aliphatic rings. The van der Waals surface area contributed by atoms with Crippen LogP contribution in [0.25, 0.3) is 0 Å². The van der Waals surface area contributed by atoms with Gasteiger partial charge in [-0.05, 0) is 19.3 Å². The van der Waals surface area contributed by atoms with Crippen molar-refractivity contribution in [3.63, 3.8) is 0 Å².